The quantitative estimate of drug-likeness (QED) is 0.669. The van der Waals surface area contributed by atoms with Gasteiger partial charge in [-0.2, -0.15) is 0 Å². The van der Waals surface area contributed by atoms with Crippen LogP contribution in [0.5, 0.6) is 0 Å². The Kier molecular flexibility index (Phi) is 4.72. The van der Waals surface area contributed by atoms with Crippen molar-refractivity contribution in [2.45, 2.75) is 59.6 Å². The topological polar surface area (TPSA) is 47.6 Å². The lowest BCUT2D eigenvalue weighted by Gasteiger charge is -2.45. The van der Waals surface area contributed by atoms with E-state index in [2.05, 4.69) is 32.9 Å². The average molecular weight is 288 g/mol. The molecule has 1 aromatic rings. The molecular weight excluding hydrogens is 260 g/mol. The molecule has 0 heterocycles. The van der Waals surface area contributed by atoms with Crippen LogP contribution in [-0.2, 0) is 11.4 Å². The first kappa shape index (κ1) is 16.0. The molecule has 0 amide bonds. The van der Waals surface area contributed by atoms with Gasteiger partial charge in [-0.1, -0.05) is 56.3 Å². The molecule has 3 heteroatoms. The van der Waals surface area contributed by atoms with E-state index in [1.54, 1.807) is 0 Å². The van der Waals surface area contributed by atoms with Gasteiger partial charge in [0.1, 0.15) is 6.61 Å². The van der Waals surface area contributed by atoms with Crippen molar-refractivity contribution in [2.75, 3.05) is 0 Å². The molecule has 0 radical (unpaired) electrons. The van der Waals surface area contributed by atoms with Gasteiger partial charge in [0.25, 0.3) is 0 Å². The van der Waals surface area contributed by atoms with Gasteiger partial charge in [-0.3, -0.25) is 0 Å². The SMILES string of the molecule is CC(=NOCc1ccccc1)C1(C)CC(N)CC(C)(C)C1. The number of hydrogen-bond donors (Lipinski definition) is 1. The molecule has 0 bridgehead atoms. The van der Waals surface area contributed by atoms with Crippen molar-refractivity contribution in [1.29, 1.82) is 0 Å². The van der Waals surface area contributed by atoms with E-state index in [1.807, 2.05) is 30.3 Å². The molecule has 1 saturated carbocycles. The summed E-state index contributed by atoms with van der Waals surface area (Å²) < 4.78 is 0. The summed E-state index contributed by atoms with van der Waals surface area (Å²) in [6, 6.07) is 10.4. The maximum absolute atomic E-state index is 6.25. The molecule has 2 atom stereocenters. The zero-order valence-corrected chi connectivity index (χ0v) is 13.7. The molecule has 1 aromatic carbocycles. The lowest BCUT2D eigenvalue weighted by molar-refractivity contribution is 0.107. The first-order valence-corrected chi connectivity index (χ1v) is 7.77. The van der Waals surface area contributed by atoms with Gasteiger partial charge in [0.05, 0.1) is 5.71 Å². The Morgan fingerprint density at radius 1 is 1.24 bits per heavy atom. The zero-order chi connectivity index (χ0) is 15.5. The number of rotatable bonds is 4. The number of hydrogen-bond acceptors (Lipinski definition) is 3. The van der Waals surface area contributed by atoms with Gasteiger partial charge in [0.15, 0.2) is 0 Å². The Hall–Kier alpha value is -1.35. The second kappa shape index (κ2) is 6.18. The lowest BCUT2D eigenvalue weighted by Crippen LogP contribution is -2.45. The predicted molar refractivity (Wildman–Crippen MR) is 88.1 cm³/mol. The first-order valence-electron chi connectivity index (χ1n) is 7.77. The van der Waals surface area contributed by atoms with Crippen LogP contribution in [0.4, 0.5) is 0 Å². The van der Waals surface area contributed by atoms with Crippen molar-refractivity contribution in [3.63, 3.8) is 0 Å². The van der Waals surface area contributed by atoms with E-state index < -0.39 is 0 Å². The Morgan fingerprint density at radius 2 is 1.90 bits per heavy atom. The molecule has 0 saturated heterocycles. The molecule has 21 heavy (non-hydrogen) atoms. The number of nitrogens with zero attached hydrogens (tertiary/aromatic N) is 1. The summed E-state index contributed by atoms with van der Waals surface area (Å²) in [5.41, 5.74) is 8.75. The largest absolute Gasteiger partial charge is 0.391 e. The van der Waals surface area contributed by atoms with Gasteiger partial charge in [0, 0.05) is 11.5 Å². The third-order valence-electron chi connectivity index (χ3n) is 4.55. The first-order chi connectivity index (χ1) is 9.81. The van der Waals surface area contributed by atoms with Gasteiger partial charge in [-0.25, -0.2) is 0 Å². The maximum Gasteiger partial charge on any atom is 0.142 e. The fourth-order valence-corrected chi connectivity index (χ4v) is 3.72. The molecule has 1 fully saturated rings. The van der Waals surface area contributed by atoms with Crippen LogP contribution < -0.4 is 5.73 Å². The summed E-state index contributed by atoms with van der Waals surface area (Å²) in [7, 11) is 0. The zero-order valence-electron chi connectivity index (χ0n) is 13.7. The normalized spacial score (nSPS) is 29.2. The summed E-state index contributed by atoms with van der Waals surface area (Å²) in [6.07, 6.45) is 3.18. The van der Waals surface area contributed by atoms with Crippen molar-refractivity contribution in [3.05, 3.63) is 35.9 Å². The van der Waals surface area contributed by atoms with Gasteiger partial charge >= 0.3 is 0 Å². The Bertz CT molecular complexity index is 495. The maximum atomic E-state index is 6.25. The molecule has 1 aliphatic carbocycles. The number of benzene rings is 1. The molecule has 2 unspecified atom stereocenters. The van der Waals surface area contributed by atoms with Gasteiger partial charge in [-0.15, -0.1) is 0 Å². The summed E-state index contributed by atoms with van der Waals surface area (Å²) >= 11 is 0. The molecular formula is C18H28N2O. The molecule has 2 N–H and O–H groups in total. The standard InChI is InChI=1S/C18H28N2O/c1-14(20-21-12-15-8-6-5-7-9-15)18(4)11-16(19)10-17(2,3)13-18/h5-9,16H,10-13,19H2,1-4H3. The third-order valence-corrected chi connectivity index (χ3v) is 4.55. The van der Waals surface area contributed by atoms with E-state index in [4.69, 9.17) is 10.6 Å². The van der Waals surface area contributed by atoms with E-state index in [0.29, 0.717) is 6.61 Å². The molecule has 0 aromatic heterocycles. The molecule has 0 aliphatic heterocycles. The second-order valence-corrected chi connectivity index (χ2v) is 7.51. The minimum absolute atomic E-state index is 0.0395. The van der Waals surface area contributed by atoms with Crippen LogP contribution >= 0.6 is 0 Å². The second-order valence-electron chi connectivity index (χ2n) is 7.51. The minimum atomic E-state index is 0.0395. The van der Waals surface area contributed by atoms with Crippen LogP contribution in [0, 0.1) is 10.8 Å². The highest BCUT2D eigenvalue weighted by Gasteiger charge is 2.42. The third kappa shape index (κ3) is 4.31. The van der Waals surface area contributed by atoms with E-state index in [9.17, 15) is 0 Å². The Morgan fingerprint density at radius 3 is 2.52 bits per heavy atom. The highest BCUT2D eigenvalue weighted by atomic mass is 16.6. The van der Waals surface area contributed by atoms with Crippen LogP contribution in [0.15, 0.2) is 35.5 Å². The molecule has 116 valence electrons. The highest BCUT2D eigenvalue weighted by Crippen LogP contribution is 2.46. The Balaban J connectivity index is 2.00. The predicted octanol–water partition coefficient (Wildman–Crippen LogP) is 4.12. The molecule has 2 rings (SSSR count). The van der Waals surface area contributed by atoms with Crippen LogP contribution in [0.1, 0.15) is 52.5 Å². The monoisotopic (exact) mass is 288 g/mol. The smallest absolute Gasteiger partial charge is 0.142 e. The van der Waals surface area contributed by atoms with Crippen molar-refractivity contribution in [3.8, 4) is 0 Å². The van der Waals surface area contributed by atoms with Gasteiger partial charge in [-0.05, 0) is 37.2 Å². The molecule has 1 aliphatic rings. The number of oxime groups is 1. The minimum Gasteiger partial charge on any atom is -0.391 e. The number of nitrogens with two attached hydrogens (primary N) is 1. The van der Waals surface area contributed by atoms with Gasteiger partial charge < -0.3 is 10.6 Å². The van der Waals surface area contributed by atoms with Crippen LogP contribution in [0.3, 0.4) is 0 Å². The molecule has 0 spiro atoms. The summed E-state index contributed by atoms with van der Waals surface area (Å²) in [5.74, 6) is 0. The van der Waals surface area contributed by atoms with Crippen LogP contribution in [0.25, 0.3) is 0 Å². The van der Waals surface area contributed by atoms with Crippen LogP contribution in [-0.4, -0.2) is 11.8 Å². The highest BCUT2D eigenvalue weighted by molar-refractivity contribution is 5.87. The fourth-order valence-electron chi connectivity index (χ4n) is 3.72. The van der Waals surface area contributed by atoms with Crippen molar-refractivity contribution in [1.82, 2.24) is 0 Å². The van der Waals surface area contributed by atoms with E-state index in [-0.39, 0.29) is 16.9 Å². The van der Waals surface area contributed by atoms with Gasteiger partial charge in [0.2, 0.25) is 0 Å². The van der Waals surface area contributed by atoms with Crippen molar-refractivity contribution < 1.29 is 4.84 Å². The Labute approximate surface area is 128 Å². The summed E-state index contributed by atoms with van der Waals surface area (Å²) in [5, 5.41) is 4.38. The lowest BCUT2D eigenvalue weighted by atomic mass is 9.61. The van der Waals surface area contributed by atoms with E-state index in [0.717, 1.165) is 30.5 Å². The van der Waals surface area contributed by atoms with Crippen molar-refractivity contribution in [2.24, 2.45) is 21.7 Å². The summed E-state index contributed by atoms with van der Waals surface area (Å²) in [6.45, 7) is 9.44. The van der Waals surface area contributed by atoms with Crippen molar-refractivity contribution >= 4 is 5.71 Å². The summed E-state index contributed by atoms with van der Waals surface area (Å²) in [4.78, 5) is 5.55. The fraction of sp³-hybridized carbons (Fsp3) is 0.611. The molecule has 3 nitrogen and oxygen atoms in total. The van der Waals surface area contributed by atoms with Crippen LogP contribution in [0.2, 0.25) is 0 Å². The van der Waals surface area contributed by atoms with E-state index in [1.165, 1.54) is 0 Å². The van der Waals surface area contributed by atoms with E-state index >= 15 is 0 Å². The average Bonchev–Trinajstić information content (AvgIpc) is 2.37.